The number of aliphatic imine (C=N–C) groups is 1. The molecule has 2 atom stereocenters. The molecule has 1 amide bonds. The predicted octanol–water partition coefficient (Wildman–Crippen LogP) is 3.23. The number of nitro groups is 1. The molecular weight excluding hydrogens is 318 g/mol. The van der Waals surface area contributed by atoms with E-state index in [9.17, 15) is 14.9 Å². The van der Waals surface area contributed by atoms with Crippen molar-refractivity contribution in [3.63, 3.8) is 0 Å². The quantitative estimate of drug-likeness (QED) is 0.635. The number of amides is 1. The number of non-ortho nitro benzene ring substituents is 1. The van der Waals surface area contributed by atoms with Crippen molar-refractivity contribution in [2.45, 2.75) is 12.5 Å². The third kappa shape index (κ3) is 3.42. The van der Waals surface area contributed by atoms with Gasteiger partial charge in [-0.2, -0.15) is 0 Å². The van der Waals surface area contributed by atoms with Crippen molar-refractivity contribution in [2.75, 3.05) is 14.1 Å². The fourth-order valence-electron chi connectivity index (χ4n) is 3.11. The van der Waals surface area contributed by atoms with Gasteiger partial charge in [0.05, 0.1) is 16.9 Å². The Labute approximate surface area is 146 Å². The summed E-state index contributed by atoms with van der Waals surface area (Å²) in [7, 11) is 3.46. The summed E-state index contributed by atoms with van der Waals surface area (Å²) >= 11 is 0. The Morgan fingerprint density at radius 2 is 1.76 bits per heavy atom. The average molecular weight is 337 g/mol. The molecule has 1 aliphatic heterocycles. The minimum atomic E-state index is -0.431. The maximum atomic E-state index is 12.6. The van der Waals surface area contributed by atoms with Crippen LogP contribution in [0, 0.1) is 16.0 Å². The second kappa shape index (κ2) is 6.84. The van der Waals surface area contributed by atoms with Crippen LogP contribution >= 0.6 is 0 Å². The fourth-order valence-corrected chi connectivity index (χ4v) is 3.11. The van der Waals surface area contributed by atoms with Crippen molar-refractivity contribution < 1.29 is 9.72 Å². The van der Waals surface area contributed by atoms with Crippen molar-refractivity contribution >= 4 is 17.3 Å². The van der Waals surface area contributed by atoms with Crippen molar-refractivity contribution in [1.82, 2.24) is 4.90 Å². The topological polar surface area (TPSA) is 75.8 Å². The van der Waals surface area contributed by atoms with E-state index in [-0.39, 0.29) is 23.6 Å². The Kier molecular flexibility index (Phi) is 4.61. The van der Waals surface area contributed by atoms with Gasteiger partial charge in [-0.25, -0.2) is 0 Å². The SMILES string of the molecule is CN(C)C(=O)[C@H]1CC(c2ccccc2)=N[C@@H]1c1ccc([N+](=O)[O-])cc1. The Morgan fingerprint density at radius 1 is 1.12 bits per heavy atom. The highest BCUT2D eigenvalue weighted by Gasteiger charge is 2.37. The van der Waals surface area contributed by atoms with Gasteiger partial charge in [0.1, 0.15) is 0 Å². The number of nitrogens with zero attached hydrogens (tertiary/aromatic N) is 3. The molecule has 6 heteroatoms. The van der Waals surface area contributed by atoms with Gasteiger partial charge in [-0.05, 0) is 11.1 Å². The molecule has 0 N–H and O–H groups in total. The minimum Gasteiger partial charge on any atom is -0.348 e. The van der Waals surface area contributed by atoms with Gasteiger partial charge in [0.15, 0.2) is 0 Å². The largest absolute Gasteiger partial charge is 0.348 e. The van der Waals surface area contributed by atoms with Gasteiger partial charge in [0, 0.05) is 38.4 Å². The molecular formula is C19H19N3O3. The molecule has 0 fully saturated rings. The Balaban J connectivity index is 1.97. The lowest BCUT2D eigenvalue weighted by Crippen LogP contribution is -2.31. The van der Waals surface area contributed by atoms with Gasteiger partial charge in [-0.1, -0.05) is 42.5 Å². The van der Waals surface area contributed by atoms with Gasteiger partial charge in [-0.15, -0.1) is 0 Å². The summed E-state index contributed by atoms with van der Waals surface area (Å²) in [5.74, 6) is -0.287. The predicted molar refractivity (Wildman–Crippen MR) is 95.6 cm³/mol. The molecule has 2 aromatic carbocycles. The molecule has 0 spiro atoms. The van der Waals surface area contributed by atoms with Crippen LogP contribution in [0.25, 0.3) is 0 Å². The van der Waals surface area contributed by atoms with Crippen molar-refractivity contribution in [3.8, 4) is 0 Å². The highest BCUT2D eigenvalue weighted by atomic mass is 16.6. The molecule has 1 aliphatic rings. The molecule has 3 rings (SSSR count). The van der Waals surface area contributed by atoms with E-state index in [0.717, 1.165) is 16.8 Å². The molecule has 2 aromatic rings. The number of carbonyl (C=O) groups is 1. The van der Waals surface area contributed by atoms with Gasteiger partial charge < -0.3 is 4.90 Å². The normalized spacial score (nSPS) is 19.4. The summed E-state index contributed by atoms with van der Waals surface area (Å²) in [6.45, 7) is 0. The van der Waals surface area contributed by atoms with Crippen LogP contribution in [-0.2, 0) is 4.79 Å². The molecule has 0 aromatic heterocycles. The Hall–Kier alpha value is -3.02. The van der Waals surface area contributed by atoms with Gasteiger partial charge >= 0.3 is 0 Å². The summed E-state index contributed by atoms with van der Waals surface area (Å²) in [6, 6.07) is 15.8. The average Bonchev–Trinajstić information content (AvgIpc) is 3.07. The van der Waals surface area contributed by atoms with E-state index in [1.807, 2.05) is 30.3 Å². The highest BCUT2D eigenvalue weighted by Crippen LogP contribution is 2.37. The molecule has 6 nitrogen and oxygen atoms in total. The smallest absolute Gasteiger partial charge is 0.269 e. The molecule has 0 unspecified atom stereocenters. The van der Waals surface area contributed by atoms with Crippen LogP contribution in [0.3, 0.4) is 0 Å². The van der Waals surface area contributed by atoms with Crippen molar-refractivity contribution in [1.29, 1.82) is 0 Å². The standard InChI is InChI=1S/C19H19N3O3/c1-21(2)19(23)16-12-17(13-6-4-3-5-7-13)20-18(16)14-8-10-15(11-9-14)22(24)25/h3-11,16,18H,12H2,1-2H3/t16-,18+/m0/s1. The van der Waals surface area contributed by atoms with Gasteiger partial charge in [0.2, 0.25) is 5.91 Å². The van der Waals surface area contributed by atoms with Crippen LogP contribution < -0.4 is 0 Å². The third-order valence-electron chi connectivity index (χ3n) is 4.40. The van der Waals surface area contributed by atoms with Crippen LogP contribution in [0.4, 0.5) is 5.69 Å². The van der Waals surface area contributed by atoms with E-state index in [1.165, 1.54) is 12.1 Å². The summed E-state index contributed by atoms with van der Waals surface area (Å²) in [5.41, 5.74) is 2.74. The number of hydrogen-bond acceptors (Lipinski definition) is 4. The summed E-state index contributed by atoms with van der Waals surface area (Å²) < 4.78 is 0. The molecule has 0 radical (unpaired) electrons. The summed E-state index contributed by atoms with van der Waals surface area (Å²) in [6.07, 6.45) is 0.558. The number of rotatable bonds is 4. The first-order chi connectivity index (χ1) is 12.0. The summed E-state index contributed by atoms with van der Waals surface area (Å²) in [4.78, 5) is 29.4. The Bertz CT molecular complexity index is 814. The van der Waals surface area contributed by atoms with E-state index >= 15 is 0 Å². The van der Waals surface area contributed by atoms with E-state index in [4.69, 9.17) is 4.99 Å². The molecule has 0 bridgehead atoms. The number of hydrogen-bond donors (Lipinski definition) is 0. The van der Waals surface area contributed by atoms with E-state index in [0.29, 0.717) is 6.42 Å². The van der Waals surface area contributed by atoms with E-state index < -0.39 is 4.92 Å². The molecule has 25 heavy (non-hydrogen) atoms. The zero-order valence-electron chi connectivity index (χ0n) is 14.1. The van der Waals surface area contributed by atoms with E-state index in [2.05, 4.69) is 0 Å². The lowest BCUT2D eigenvalue weighted by molar-refractivity contribution is -0.384. The van der Waals surface area contributed by atoms with Crippen molar-refractivity contribution in [3.05, 3.63) is 75.8 Å². The van der Waals surface area contributed by atoms with Crippen LogP contribution in [0.15, 0.2) is 59.6 Å². The Morgan fingerprint density at radius 3 is 2.32 bits per heavy atom. The minimum absolute atomic E-state index is 0.0121. The van der Waals surface area contributed by atoms with Crippen molar-refractivity contribution in [2.24, 2.45) is 10.9 Å². The second-order valence-electron chi connectivity index (χ2n) is 6.28. The molecule has 128 valence electrons. The zero-order valence-corrected chi connectivity index (χ0v) is 14.1. The van der Waals surface area contributed by atoms with Crippen LogP contribution in [0.5, 0.6) is 0 Å². The lowest BCUT2D eigenvalue weighted by Gasteiger charge is -2.21. The first kappa shape index (κ1) is 16.8. The fraction of sp³-hybridized carbons (Fsp3) is 0.263. The zero-order chi connectivity index (χ0) is 18.0. The molecule has 1 heterocycles. The second-order valence-corrected chi connectivity index (χ2v) is 6.28. The molecule has 0 saturated heterocycles. The van der Waals surface area contributed by atoms with Crippen LogP contribution in [0.2, 0.25) is 0 Å². The first-order valence-corrected chi connectivity index (χ1v) is 8.05. The highest BCUT2D eigenvalue weighted by molar-refractivity contribution is 6.04. The summed E-state index contributed by atoms with van der Waals surface area (Å²) in [5, 5.41) is 10.8. The maximum Gasteiger partial charge on any atom is 0.269 e. The molecule has 0 saturated carbocycles. The van der Waals surface area contributed by atoms with Gasteiger partial charge in [0.25, 0.3) is 5.69 Å². The third-order valence-corrected chi connectivity index (χ3v) is 4.40. The van der Waals surface area contributed by atoms with E-state index in [1.54, 1.807) is 31.1 Å². The number of benzene rings is 2. The van der Waals surface area contributed by atoms with Gasteiger partial charge in [-0.3, -0.25) is 19.9 Å². The lowest BCUT2D eigenvalue weighted by atomic mass is 9.90. The number of carbonyl (C=O) groups excluding carboxylic acids is 1. The van der Waals surface area contributed by atoms with Crippen LogP contribution in [0.1, 0.15) is 23.6 Å². The maximum absolute atomic E-state index is 12.6. The first-order valence-electron chi connectivity index (χ1n) is 8.05. The number of nitro benzene ring substituents is 1. The monoisotopic (exact) mass is 337 g/mol. The van der Waals surface area contributed by atoms with Crippen LogP contribution in [-0.4, -0.2) is 35.5 Å². The molecule has 0 aliphatic carbocycles.